The third-order valence-electron chi connectivity index (χ3n) is 3.89. The molecule has 0 unspecified atom stereocenters. The third-order valence-corrected chi connectivity index (χ3v) is 4.91. The summed E-state index contributed by atoms with van der Waals surface area (Å²) in [7, 11) is 0. The molecule has 0 aliphatic rings. The van der Waals surface area contributed by atoms with E-state index >= 15 is 0 Å². The van der Waals surface area contributed by atoms with Crippen molar-refractivity contribution in [3.63, 3.8) is 0 Å². The molecule has 0 heterocycles. The number of benzene rings is 3. The number of anilines is 2. The second-order valence-corrected chi connectivity index (χ2v) is 6.99. The molecule has 3 aromatic rings. The van der Waals surface area contributed by atoms with Crippen LogP contribution in [0.25, 0.3) is 0 Å². The Kier molecular flexibility index (Phi) is 6.18. The molecule has 0 atom stereocenters. The number of rotatable bonds is 7. The topological polar surface area (TPSA) is 23.5 Å². The van der Waals surface area contributed by atoms with Gasteiger partial charge in [-0.25, -0.2) is 0 Å². The predicted molar refractivity (Wildman–Crippen MR) is 116 cm³/mol. The van der Waals surface area contributed by atoms with Gasteiger partial charge in [-0.1, -0.05) is 55.3 Å². The van der Waals surface area contributed by atoms with E-state index in [1.165, 1.54) is 0 Å². The average Bonchev–Trinajstić information content (AvgIpc) is 2.70. The van der Waals surface area contributed by atoms with E-state index in [0.717, 1.165) is 26.9 Å². The molecule has 0 fully saturated rings. The van der Waals surface area contributed by atoms with Crippen molar-refractivity contribution in [3.05, 3.63) is 116 Å². The van der Waals surface area contributed by atoms with Gasteiger partial charge in [-0.05, 0) is 66.7 Å². The second kappa shape index (κ2) is 8.97. The van der Waals surface area contributed by atoms with Crippen molar-refractivity contribution in [2.24, 2.45) is 0 Å². The summed E-state index contributed by atoms with van der Waals surface area (Å²) in [4.78, 5) is 4.32. The van der Waals surface area contributed by atoms with Gasteiger partial charge < -0.3 is 10.0 Å². The molecule has 0 aromatic heterocycles. The fraction of sp³-hybridized carbons (Fsp3) is 0. The SMILES string of the molecule is C=C/C=C\C(=C)N(c1ccccc1)c1ccc(Sc2ccc(O)cc2)cc1. The minimum atomic E-state index is 0.277. The molecular formula is C24H21NOS. The third kappa shape index (κ3) is 4.93. The Morgan fingerprint density at radius 3 is 1.96 bits per heavy atom. The highest BCUT2D eigenvalue weighted by Gasteiger charge is 2.11. The molecule has 134 valence electrons. The van der Waals surface area contributed by atoms with E-state index in [1.54, 1.807) is 30.0 Å². The van der Waals surface area contributed by atoms with Crippen LogP contribution < -0.4 is 4.90 Å². The molecule has 0 spiro atoms. The summed E-state index contributed by atoms with van der Waals surface area (Å²) in [6.07, 6.45) is 5.57. The molecule has 3 rings (SSSR count). The molecule has 0 amide bonds. The van der Waals surface area contributed by atoms with Crippen molar-refractivity contribution >= 4 is 23.1 Å². The molecule has 0 radical (unpaired) electrons. The van der Waals surface area contributed by atoms with Gasteiger partial charge in [0.25, 0.3) is 0 Å². The zero-order valence-electron chi connectivity index (χ0n) is 15.0. The van der Waals surface area contributed by atoms with E-state index < -0.39 is 0 Å². The minimum Gasteiger partial charge on any atom is -0.508 e. The van der Waals surface area contributed by atoms with E-state index in [0.29, 0.717) is 0 Å². The number of hydrogen-bond donors (Lipinski definition) is 1. The summed E-state index contributed by atoms with van der Waals surface area (Å²) >= 11 is 1.66. The van der Waals surface area contributed by atoms with Crippen molar-refractivity contribution in [3.8, 4) is 5.75 Å². The number of aromatic hydroxyl groups is 1. The predicted octanol–water partition coefficient (Wildman–Crippen LogP) is 6.94. The number of nitrogens with zero attached hydrogens (tertiary/aromatic N) is 1. The fourth-order valence-electron chi connectivity index (χ4n) is 2.62. The van der Waals surface area contributed by atoms with Gasteiger partial charge in [0.15, 0.2) is 0 Å². The summed E-state index contributed by atoms with van der Waals surface area (Å²) in [5.41, 5.74) is 2.95. The van der Waals surface area contributed by atoms with E-state index in [1.807, 2.05) is 42.5 Å². The molecule has 3 aromatic carbocycles. The van der Waals surface area contributed by atoms with Crippen LogP contribution in [0.15, 0.2) is 126 Å². The second-order valence-electron chi connectivity index (χ2n) is 5.85. The molecule has 0 aliphatic heterocycles. The van der Waals surface area contributed by atoms with E-state index in [-0.39, 0.29) is 5.75 Å². The van der Waals surface area contributed by atoms with Crippen molar-refractivity contribution < 1.29 is 5.11 Å². The van der Waals surface area contributed by atoms with E-state index in [2.05, 4.69) is 54.5 Å². The van der Waals surface area contributed by atoms with Crippen molar-refractivity contribution in [1.82, 2.24) is 0 Å². The maximum absolute atomic E-state index is 9.41. The van der Waals surface area contributed by atoms with E-state index in [4.69, 9.17) is 0 Å². The van der Waals surface area contributed by atoms with Gasteiger partial charge in [0.05, 0.1) is 0 Å². The highest BCUT2D eigenvalue weighted by Crippen LogP contribution is 2.33. The molecule has 3 heteroatoms. The Bertz CT molecular complexity index is 928. The molecule has 1 N–H and O–H groups in total. The normalized spacial score (nSPS) is 10.7. The zero-order valence-corrected chi connectivity index (χ0v) is 15.8. The van der Waals surface area contributed by atoms with Crippen LogP contribution in [0.2, 0.25) is 0 Å². The Morgan fingerprint density at radius 1 is 0.815 bits per heavy atom. The lowest BCUT2D eigenvalue weighted by Gasteiger charge is -2.25. The molecule has 0 bridgehead atoms. The fourth-order valence-corrected chi connectivity index (χ4v) is 3.44. The number of phenolic OH excluding ortho intramolecular Hbond substituents is 1. The minimum absolute atomic E-state index is 0.277. The van der Waals surface area contributed by atoms with Gasteiger partial charge >= 0.3 is 0 Å². The van der Waals surface area contributed by atoms with Gasteiger partial charge in [-0.3, -0.25) is 0 Å². The lowest BCUT2D eigenvalue weighted by atomic mass is 10.2. The lowest BCUT2D eigenvalue weighted by Crippen LogP contribution is -2.14. The summed E-state index contributed by atoms with van der Waals surface area (Å²) < 4.78 is 0. The number of allylic oxidation sites excluding steroid dienone is 3. The van der Waals surface area contributed by atoms with Crippen LogP contribution in [0, 0.1) is 0 Å². The van der Waals surface area contributed by atoms with Crippen LogP contribution in [0.4, 0.5) is 11.4 Å². The highest BCUT2D eigenvalue weighted by atomic mass is 32.2. The first kappa shape index (κ1) is 18.6. The molecular weight excluding hydrogens is 350 g/mol. The van der Waals surface area contributed by atoms with Crippen LogP contribution >= 0.6 is 11.8 Å². The maximum Gasteiger partial charge on any atom is 0.115 e. The summed E-state index contributed by atoms with van der Waals surface area (Å²) in [6, 6.07) is 25.7. The van der Waals surface area contributed by atoms with Crippen LogP contribution in [-0.2, 0) is 0 Å². The van der Waals surface area contributed by atoms with Crippen molar-refractivity contribution in [1.29, 1.82) is 0 Å². The molecule has 0 saturated heterocycles. The molecule has 0 aliphatic carbocycles. The smallest absolute Gasteiger partial charge is 0.115 e. The van der Waals surface area contributed by atoms with Crippen LogP contribution in [-0.4, -0.2) is 5.11 Å². The van der Waals surface area contributed by atoms with E-state index in [9.17, 15) is 5.11 Å². The average molecular weight is 372 g/mol. The Balaban J connectivity index is 1.86. The quantitative estimate of drug-likeness (QED) is 0.455. The van der Waals surface area contributed by atoms with Gasteiger partial charge in [-0.15, -0.1) is 0 Å². The zero-order chi connectivity index (χ0) is 19.1. The van der Waals surface area contributed by atoms with Gasteiger partial charge in [0.2, 0.25) is 0 Å². The molecule has 27 heavy (non-hydrogen) atoms. The number of phenols is 1. The first-order valence-corrected chi connectivity index (χ1v) is 9.39. The summed E-state index contributed by atoms with van der Waals surface area (Å²) in [6.45, 7) is 7.94. The van der Waals surface area contributed by atoms with Gasteiger partial charge in [0, 0.05) is 26.9 Å². The standard InChI is InChI=1S/C24H21NOS/c1-3-4-8-19(2)25(20-9-6-5-7-10-20)21-11-15-23(16-12-21)27-24-17-13-22(26)14-18-24/h3-18,26H,1-2H2/b8-4-. The Labute approximate surface area is 164 Å². The summed E-state index contributed by atoms with van der Waals surface area (Å²) in [5.74, 6) is 0.277. The Hall–Kier alpha value is -3.17. The monoisotopic (exact) mass is 371 g/mol. The number of para-hydroxylation sites is 1. The largest absolute Gasteiger partial charge is 0.508 e. The maximum atomic E-state index is 9.41. The van der Waals surface area contributed by atoms with Crippen LogP contribution in [0.5, 0.6) is 5.75 Å². The van der Waals surface area contributed by atoms with Crippen LogP contribution in [0.3, 0.4) is 0 Å². The lowest BCUT2D eigenvalue weighted by molar-refractivity contribution is 0.475. The Morgan fingerprint density at radius 2 is 1.37 bits per heavy atom. The van der Waals surface area contributed by atoms with Crippen molar-refractivity contribution in [2.45, 2.75) is 9.79 Å². The summed E-state index contributed by atoms with van der Waals surface area (Å²) in [5, 5.41) is 9.41. The van der Waals surface area contributed by atoms with Crippen molar-refractivity contribution in [2.75, 3.05) is 4.90 Å². The first-order valence-electron chi connectivity index (χ1n) is 8.57. The highest BCUT2D eigenvalue weighted by molar-refractivity contribution is 7.99. The molecule has 2 nitrogen and oxygen atoms in total. The van der Waals surface area contributed by atoms with Gasteiger partial charge in [-0.2, -0.15) is 0 Å². The number of hydrogen-bond acceptors (Lipinski definition) is 3. The first-order chi connectivity index (χ1) is 13.2. The van der Waals surface area contributed by atoms with Gasteiger partial charge in [0.1, 0.15) is 5.75 Å². The molecule has 0 saturated carbocycles. The van der Waals surface area contributed by atoms with Crippen LogP contribution in [0.1, 0.15) is 0 Å².